The van der Waals surface area contributed by atoms with Gasteiger partial charge in [0.25, 0.3) is 0 Å². The van der Waals surface area contributed by atoms with Gasteiger partial charge in [0.2, 0.25) is 5.91 Å². The molecule has 5 nitrogen and oxygen atoms in total. The fourth-order valence-corrected chi connectivity index (χ4v) is 3.68. The molecule has 0 saturated heterocycles. The maximum Gasteiger partial charge on any atom is 0.408 e. The Labute approximate surface area is 178 Å². The molecular weight excluding hydrogens is 376 g/mol. The molecule has 5 heteroatoms. The average Bonchev–Trinajstić information content (AvgIpc) is 2.67. The van der Waals surface area contributed by atoms with E-state index in [9.17, 15) is 9.59 Å². The van der Waals surface area contributed by atoms with Crippen molar-refractivity contribution in [3.63, 3.8) is 0 Å². The number of anilines is 1. The second-order valence-electron chi connectivity index (χ2n) is 8.52. The number of carbonyl (C=O) groups is 2. The first kappa shape index (κ1) is 21.6. The lowest BCUT2D eigenvalue weighted by Crippen LogP contribution is -2.38. The summed E-state index contributed by atoms with van der Waals surface area (Å²) in [6, 6.07) is 15.4. The summed E-state index contributed by atoms with van der Waals surface area (Å²) in [6.07, 6.45) is 4.94. The predicted octanol–water partition coefficient (Wildman–Crippen LogP) is 5.80. The molecule has 0 fully saturated rings. The van der Waals surface area contributed by atoms with Crippen LogP contribution in [0.5, 0.6) is 0 Å². The molecule has 2 aromatic carbocycles. The molecule has 0 bridgehead atoms. The van der Waals surface area contributed by atoms with Crippen LogP contribution in [0, 0.1) is 0 Å². The van der Waals surface area contributed by atoms with Crippen LogP contribution >= 0.6 is 0 Å². The summed E-state index contributed by atoms with van der Waals surface area (Å²) in [5, 5.41) is 6.09. The van der Waals surface area contributed by atoms with Gasteiger partial charge >= 0.3 is 6.09 Å². The summed E-state index contributed by atoms with van der Waals surface area (Å²) < 4.78 is 5.52. The van der Waals surface area contributed by atoms with E-state index in [-0.39, 0.29) is 17.9 Å². The van der Waals surface area contributed by atoms with Crippen molar-refractivity contribution in [3.8, 4) is 0 Å². The molecule has 1 aliphatic rings. The Morgan fingerprint density at radius 2 is 1.67 bits per heavy atom. The normalized spacial score (nSPS) is 17.7. The van der Waals surface area contributed by atoms with E-state index in [0.717, 1.165) is 28.8 Å². The molecule has 0 aliphatic heterocycles. The zero-order valence-corrected chi connectivity index (χ0v) is 18.1. The van der Waals surface area contributed by atoms with E-state index in [1.165, 1.54) is 0 Å². The van der Waals surface area contributed by atoms with Gasteiger partial charge in [0.15, 0.2) is 0 Å². The number of ether oxygens (including phenoxy) is 1. The molecule has 2 aromatic rings. The van der Waals surface area contributed by atoms with Crippen LogP contribution in [0.15, 0.2) is 54.6 Å². The molecule has 0 spiro atoms. The van der Waals surface area contributed by atoms with Gasteiger partial charge in [-0.2, -0.15) is 0 Å². The number of carbonyl (C=O) groups excluding carboxylic acids is 2. The molecule has 0 saturated carbocycles. The van der Waals surface area contributed by atoms with Crippen molar-refractivity contribution in [2.24, 2.45) is 0 Å². The second-order valence-corrected chi connectivity index (χ2v) is 8.52. The first-order valence-electron chi connectivity index (χ1n) is 10.4. The fraction of sp³-hybridized carbons (Fsp3) is 0.360. The van der Waals surface area contributed by atoms with Crippen LogP contribution in [0.25, 0.3) is 6.08 Å². The maximum atomic E-state index is 12.6. The zero-order chi connectivity index (χ0) is 21.7. The van der Waals surface area contributed by atoms with Gasteiger partial charge in [-0.3, -0.25) is 4.79 Å². The summed E-state index contributed by atoms with van der Waals surface area (Å²) in [6.45, 7) is 7.51. The minimum atomic E-state index is -0.588. The lowest BCUT2D eigenvalue weighted by Gasteiger charge is -2.33. The molecule has 0 unspecified atom stereocenters. The Morgan fingerprint density at radius 1 is 1.00 bits per heavy atom. The molecule has 3 rings (SSSR count). The lowest BCUT2D eigenvalue weighted by atomic mass is 9.80. The third-order valence-corrected chi connectivity index (χ3v) is 4.92. The SMILES string of the molecule is CCCC(=O)Nc1ccccc1[C@H]1C=Cc2ccccc2[C@H]1NC(=O)OC(C)(C)C. The van der Waals surface area contributed by atoms with Crippen LogP contribution in [0.1, 0.15) is 69.2 Å². The standard InChI is InChI=1S/C25H30N2O3/c1-5-10-22(28)26-21-14-9-8-13-19(21)20-16-15-17-11-6-7-12-18(17)23(20)27-24(29)30-25(2,3)4/h6-9,11-16,20,23H,5,10H2,1-4H3,(H,26,28)(H,27,29)/t20-,23-/m1/s1. The topological polar surface area (TPSA) is 67.4 Å². The summed E-state index contributed by atoms with van der Waals surface area (Å²) in [5.41, 5.74) is 3.21. The highest BCUT2D eigenvalue weighted by Gasteiger charge is 2.31. The van der Waals surface area contributed by atoms with E-state index in [0.29, 0.717) is 6.42 Å². The number of rotatable bonds is 5. The van der Waals surface area contributed by atoms with Gasteiger partial charge < -0.3 is 15.4 Å². The lowest BCUT2D eigenvalue weighted by molar-refractivity contribution is -0.116. The first-order valence-corrected chi connectivity index (χ1v) is 10.4. The summed E-state index contributed by atoms with van der Waals surface area (Å²) in [5.74, 6) is -0.160. The van der Waals surface area contributed by atoms with Crippen molar-refractivity contribution < 1.29 is 14.3 Å². The van der Waals surface area contributed by atoms with Crippen molar-refractivity contribution in [1.82, 2.24) is 5.32 Å². The van der Waals surface area contributed by atoms with E-state index >= 15 is 0 Å². The van der Waals surface area contributed by atoms with Gasteiger partial charge in [-0.25, -0.2) is 4.79 Å². The number of para-hydroxylation sites is 1. The van der Waals surface area contributed by atoms with Crippen molar-refractivity contribution in [1.29, 1.82) is 0 Å². The molecule has 1 aliphatic carbocycles. The average molecular weight is 407 g/mol. The highest BCUT2D eigenvalue weighted by atomic mass is 16.6. The molecule has 0 aromatic heterocycles. The Bertz CT molecular complexity index is 943. The molecule has 2 atom stereocenters. The Balaban J connectivity index is 1.97. The summed E-state index contributed by atoms with van der Waals surface area (Å²) in [7, 11) is 0. The van der Waals surface area contributed by atoms with Crippen LogP contribution in [0.2, 0.25) is 0 Å². The molecule has 30 heavy (non-hydrogen) atoms. The summed E-state index contributed by atoms with van der Waals surface area (Å²) >= 11 is 0. The van der Waals surface area contributed by atoms with Gasteiger partial charge in [0, 0.05) is 18.0 Å². The van der Waals surface area contributed by atoms with Gasteiger partial charge in [-0.15, -0.1) is 0 Å². The molecular formula is C25H30N2O3. The second kappa shape index (κ2) is 9.16. The predicted molar refractivity (Wildman–Crippen MR) is 120 cm³/mol. The Kier molecular flexibility index (Phi) is 6.60. The Hall–Kier alpha value is -3.08. The van der Waals surface area contributed by atoms with E-state index in [1.54, 1.807) is 0 Å². The van der Waals surface area contributed by atoms with Crippen LogP contribution in [-0.4, -0.2) is 17.6 Å². The minimum absolute atomic E-state index is 0.0122. The highest BCUT2D eigenvalue weighted by Crippen LogP contribution is 2.41. The number of hydrogen-bond acceptors (Lipinski definition) is 3. The quantitative estimate of drug-likeness (QED) is 0.659. The van der Waals surface area contributed by atoms with Crippen LogP contribution in [0.3, 0.4) is 0 Å². The molecule has 0 heterocycles. The van der Waals surface area contributed by atoms with Gasteiger partial charge in [0.05, 0.1) is 6.04 Å². The van der Waals surface area contributed by atoms with Gasteiger partial charge in [-0.05, 0) is 49.9 Å². The van der Waals surface area contributed by atoms with Crippen molar-refractivity contribution in [2.75, 3.05) is 5.32 Å². The van der Waals surface area contributed by atoms with Crippen LogP contribution in [-0.2, 0) is 9.53 Å². The number of nitrogens with one attached hydrogen (secondary N) is 2. The number of fused-ring (bicyclic) bond motifs is 1. The van der Waals surface area contributed by atoms with Gasteiger partial charge in [-0.1, -0.05) is 61.5 Å². The van der Waals surface area contributed by atoms with E-state index in [4.69, 9.17) is 4.74 Å². The first-order chi connectivity index (χ1) is 14.3. The number of amides is 2. The third kappa shape index (κ3) is 5.29. The van der Waals surface area contributed by atoms with Gasteiger partial charge in [0.1, 0.15) is 5.60 Å². The Morgan fingerprint density at radius 3 is 2.37 bits per heavy atom. The summed E-state index contributed by atoms with van der Waals surface area (Å²) in [4.78, 5) is 24.9. The van der Waals surface area contributed by atoms with E-state index in [2.05, 4.69) is 22.8 Å². The van der Waals surface area contributed by atoms with Crippen LogP contribution in [0.4, 0.5) is 10.5 Å². The third-order valence-electron chi connectivity index (χ3n) is 4.92. The number of alkyl carbamates (subject to hydrolysis) is 1. The molecule has 2 N–H and O–H groups in total. The zero-order valence-electron chi connectivity index (χ0n) is 18.1. The molecule has 158 valence electrons. The molecule has 0 radical (unpaired) electrons. The minimum Gasteiger partial charge on any atom is -0.444 e. The van der Waals surface area contributed by atoms with Crippen LogP contribution < -0.4 is 10.6 Å². The van der Waals surface area contributed by atoms with Crippen molar-refractivity contribution in [3.05, 3.63) is 71.3 Å². The maximum absolute atomic E-state index is 12.6. The monoisotopic (exact) mass is 406 g/mol. The number of hydrogen-bond donors (Lipinski definition) is 2. The largest absolute Gasteiger partial charge is 0.444 e. The number of benzene rings is 2. The highest BCUT2D eigenvalue weighted by molar-refractivity contribution is 5.91. The van der Waals surface area contributed by atoms with Crippen molar-refractivity contribution >= 4 is 23.8 Å². The van der Waals surface area contributed by atoms with E-state index < -0.39 is 11.7 Å². The smallest absolute Gasteiger partial charge is 0.408 e. The fourth-order valence-electron chi connectivity index (χ4n) is 3.68. The van der Waals surface area contributed by atoms with Crippen molar-refractivity contribution in [2.45, 2.75) is 58.1 Å². The molecule has 2 amide bonds. The van der Waals surface area contributed by atoms with E-state index in [1.807, 2.05) is 76.2 Å².